The molecule has 2 N–H and O–H groups in total. The minimum Gasteiger partial charge on any atom is -0.423 e. The molecule has 9 heteroatoms. The Morgan fingerprint density at radius 3 is 1.92 bits per heavy atom. The first-order valence-corrected chi connectivity index (χ1v) is 8.39. The first kappa shape index (κ1) is 23.8. The van der Waals surface area contributed by atoms with Crippen LogP contribution in [0.3, 0.4) is 0 Å². The fourth-order valence-corrected chi connectivity index (χ4v) is 2.08. The fraction of sp³-hybridized carbons (Fsp3) is 0.250. The highest BCUT2D eigenvalue weighted by molar-refractivity contribution is 9.10. The van der Waals surface area contributed by atoms with E-state index in [1.807, 2.05) is 39.0 Å². The minimum atomic E-state index is -4.74. The second-order valence-corrected chi connectivity index (χ2v) is 5.71. The molecule has 0 saturated heterocycles. The van der Waals surface area contributed by atoms with Gasteiger partial charge in [-0.3, -0.25) is 0 Å². The third kappa shape index (κ3) is 10.4. The summed E-state index contributed by atoms with van der Waals surface area (Å²) in [7, 11) is -1.70. The summed E-state index contributed by atoms with van der Waals surface area (Å²) >= 11 is 9.10. The molecule has 0 unspecified atom stereocenters. The van der Waals surface area contributed by atoms with E-state index >= 15 is 0 Å². The van der Waals surface area contributed by atoms with Crippen LogP contribution in [-0.4, -0.2) is 23.5 Å². The fourth-order valence-electron chi connectivity index (χ4n) is 1.41. The monoisotopic (exact) mass is 440 g/mol. The van der Waals surface area contributed by atoms with Crippen LogP contribution >= 0.6 is 27.5 Å². The van der Waals surface area contributed by atoms with Gasteiger partial charge in [0.15, 0.2) is 0 Å². The Morgan fingerprint density at radius 1 is 1.04 bits per heavy atom. The molecule has 138 valence electrons. The van der Waals surface area contributed by atoms with Crippen LogP contribution in [0.4, 0.5) is 13.2 Å². The lowest BCUT2D eigenvalue weighted by molar-refractivity contribution is -0.274. The quantitative estimate of drug-likeness (QED) is 0.664. The van der Waals surface area contributed by atoms with Crippen molar-refractivity contribution in [3.05, 3.63) is 57.5 Å². The molecule has 0 fully saturated rings. The number of halogens is 5. The summed E-state index contributed by atoms with van der Waals surface area (Å²) in [5.41, 5.74) is 1.21. The molecule has 0 atom stereocenters. The number of hydrogen-bond donors (Lipinski definition) is 2. The summed E-state index contributed by atoms with van der Waals surface area (Å²) < 4.78 is 39.6. The van der Waals surface area contributed by atoms with Gasteiger partial charge in [-0.25, -0.2) is 0 Å². The molecule has 0 aromatic heterocycles. The molecule has 0 saturated carbocycles. The molecule has 25 heavy (non-hydrogen) atoms. The molecule has 0 aliphatic rings. The summed E-state index contributed by atoms with van der Waals surface area (Å²) in [4.78, 5) is 0. The molecule has 0 spiro atoms. The number of benzene rings is 2. The van der Waals surface area contributed by atoms with Crippen molar-refractivity contribution < 1.29 is 28.0 Å². The smallest absolute Gasteiger partial charge is 0.423 e. The van der Waals surface area contributed by atoms with Crippen molar-refractivity contribution in [2.24, 2.45) is 0 Å². The third-order valence-electron chi connectivity index (χ3n) is 2.55. The Morgan fingerprint density at radius 2 is 1.56 bits per heavy atom. The zero-order valence-electron chi connectivity index (χ0n) is 13.8. The number of ether oxygens (including phenoxy) is 1. The average molecular weight is 441 g/mol. The van der Waals surface area contributed by atoms with Gasteiger partial charge >= 0.3 is 13.5 Å². The van der Waals surface area contributed by atoms with Crippen molar-refractivity contribution >= 4 is 40.1 Å². The van der Waals surface area contributed by atoms with E-state index in [0.29, 0.717) is 0 Å². The Kier molecular flexibility index (Phi) is 10.9. The van der Waals surface area contributed by atoms with Gasteiger partial charge in [-0.05, 0) is 42.2 Å². The van der Waals surface area contributed by atoms with Gasteiger partial charge < -0.3 is 14.8 Å². The molecular weight excluding hydrogens is 423 g/mol. The largest absolute Gasteiger partial charge is 0.573 e. The molecule has 3 nitrogen and oxygen atoms in total. The first-order valence-electron chi connectivity index (χ1n) is 7.22. The van der Waals surface area contributed by atoms with Crippen molar-refractivity contribution in [1.82, 2.24) is 0 Å². The first-order chi connectivity index (χ1) is 11.6. The van der Waals surface area contributed by atoms with Crippen LogP contribution in [0.15, 0.2) is 46.9 Å². The summed E-state index contributed by atoms with van der Waals surface area (Å²) in [5, 5.41) is 18.1. The third-order valence-corrected chi connectivity index (χ3v) is 3.45. The predicted molar refractivity (Wildman–Crippen MR) is 98.2 cm³/mol. The molecule has 0 aliphatic carbocycles. The highest BCUT2D eigenvalue weighted by atomic mass is 79.9. The van der Waals surface area contributed by atoms with Gasteiger partial charge in [0.1, 0.15) is 5.75 Å². The van der Waals surface area contributed by atoms with Crippen LogP contribution in [0, 0.1) is 6.92 Å². The van der Waals surface area contributed by atoms with Gasteiger partial charge in [0.05, 0.1) is 0 Å². The van der Waals surface area contributed by atoms with Gasteiger partial charge in [-0.1, -0.05) is 59.6 Å². The number of hydrogen-bond acceptors (Lipinski definition) is 3. The number of aryl methyl sites for hydroxylation is 1. The maximum absolute atomic E-state index is 11.7. The summed E-state index contributed by atoms with van der Waals surface area (Å²) in [6, 6.07) is 10.1. The van der Waals surface area contributed by atoms with Gasteiger partial charge in [-0.15, -0.1) is 13.2 Å². The SMILES string of the molecule is CC.Cc1ccc(Br)cc1Cl.OB(O)c1ccc(OC(F)(F)F)cc1. The van der Waals surface area contributed by atoms with Crippen molar-refractivity contribution in [2.75, 3.05) is 0 Å². The van der Waals surface area contributed by atoms with E-state index in [1.54, 1.807) is 0 Å². The van der Waals surface area contributed by atoms with Gasteiger partial charge in [0, 0.05) is 9.50 Å². The molecule has 0 aliphatic heterocycles. The van der Waals surface area contributed by atoms with E-state index in [-0.39, 0.29) is 5.46 Å². The molecule has 0 heterocycles. The molecule has 0 radical (unpaired) electrons. The topological polar surface area (TPSA) is 49.7 Å². The molecular formula is C16H18BBrClF3O3. The summed E-state index contributed by atoms with van der Waals surface area (Å²) in [6.45, 7) is 5.98. The molecule has 2 aromatic rings. The van der Waals surface area contributed by atoms with Gasteiger partial charge in [-0.2, -0.15) is 0 Å². The lowest BCUT2D eigenvalue weighted by atomic mass is 9.80. The van der Waals surface area contributed by atoms with E-state index in [0.717, 1.165) is 39.3 Å². The number of alkyl halides is 3. The van der Waals surface area contributed by atoms with Crippen LogP contribution in [-0.2, 0) is 0 Å². The lowest BCUT2D eigenvalue weighted by Gasteiger charge is -2.08. The second kappa shape index (κ2) is 11.4. The Labute approximate surface area is 158 Å². The van der Waals surface area contributed by atoms with E-state index < -0.39 is 19.2 Å². The van der Waals surface area contributed by atoms with Crippen LogP contribution in [0.25, 0.3) is 0 Å². The minimum absolute atomic E-state index is 0.0968. The summed E-state index contributed by atoms with van der Waals surface area (Å²) in [5.74, 6) is -0.401. The van der Waals surface area contributed by atoms with Crippen molar-refractivity contribution in [2.45, 2.75) is 27.1 Å². The van der Waals surface area contributed by atoms with Crippen LogP contribution in [0.2, 0.25) is 5.02 Å². The van der Waals surface area contributed by atoms with Crippen LogP contribution in [0.1, 0.15) is 19.4 Å². The Hall–Kier alpha value is -1.22. The van der Waals surface area contributed by atoms with E-state index in [1.165, 1.54) is 0 Å². The molecule has 2 rings (SSSR count). The standard InChI is InChI=1S/C7H6BF3O3.C7H6BrCl.C2H6/c9-7(10,11)14-6-3-1-5(2-4-6)8(12)13;1-5-2-3-6(8)4-7(5)9;1-2/h1-4,12-13H;2-4H,1H3;1-2H3. The molecule has 0 bridgehead atoms. The highest BCUT2D eigenvalue weighted by Gasteiger charge is 2.31. The van der Waals surface area contributed by atoms with Crippen LogP contribution < -0.4 is 10.2 Å². The highest BCUT2D eigenvalue weighted by Crippen LogP contribution is 2.21. The van der Waals surface area contributed by atoms with E-state index in [4.69, 9.17) is 21.6 Å². The summed E-state index contributed by atoms with van der Waals surface area (Å²) in [6.07, 6.45) is -4.74. The zero-order valence-corrected chi connectivity index (χ0v) is 16.2. The van der Waals surface area contributed by atoms with Crippen LogP contribution in [0.5, 0.6) is 5.75 Å². The Bertz CT molecular complexity index is 638. The van der Waals surface area contributed by atoms with Crippen molar-refractivity contribution in [3.63, 3.8) is 0 Å². The maximum Gasteiger partial charge on any atom is 0.573 e. The average Bonchev–Trinajstić information content (AvgIpc) is 2.53. The van der Waals surface area contributed by atoms with Crippen molar-refractivity contribution in [1.29, 1.82) is 0 Å². The van der Waals surface area contributed by atoms with E-state index in [2.05, 4.69) is 20.7 Å². The predicted octanol–water partition coefficient (Wildman–Crippen LogP) is 4.70. The van der Waals surface area contributed by atoms with E-state index in [9.17, 15) is 13.2 Å². The molecule has 2 aromatic carbocycles. The molecule has 0 amide bonds. The van der Waals surface area contributed by atoms with Crippen molar-refractivity contribution in [3.8, 4) is 5.75 Å². The second-order valence-electron chi connectivity index (χ2n) is 4.38. The van der Waals surface area contributed by atoms with Gasteiger partial charge in [0.2, 0.25) is 0 Å². The maximum atomic E-state index is 11.7. The lowest BCUT2D eigenvalue weighted by Crippen LogP contribution is -2.29. The van der Waals surface area contributed by atoms with Gasteiger partial charge in [0.25, 0.3) is 0 Å². The normalized spacial score (nSPS) is 10.0. The number of rotatable bonds is 2. The zero-order chi connectivity index (χ0) is 19.6. The Balaban J connectivity index is 0.000000451.